The van der Waals surface area contributed by atoms with Crippen LogP contribution in [0.5, 0.6) is 17.2 Å². The van der Waals surface area contributed by atoms with E-state index in [1.807, 2.05) is 6.92 Å². The van der Waals surface area contributed by atoms with Crippen LogP contribution in [-0.2, 0) is 14.3 Å². The molecule has 29 heavy (non-hydrogen) atoms. The van der Waals surface area contributed by atoms with Crippen molar-refractivity contribution in [1.29, 1.82) is 0 Å². The van der Waals surface area contributed by atoms with Crippen molar-refractivity contribution in [2.24, 2.45) is 0 Å². The number of methoxy groups -OCH3 is 3. The third kappa shape index (κ3) is 5.10. The lowest BCUT2D eigenvalue weighted by molar-refractivity contribution is -0.151. The number of esters is 1. The van der Waals surface area contributed by atoms with Gasteiger partial charge in [-0.2, -0.15) is 0 Å². The van der Waals surface area contributed by atoms with Gasteiger partial charge in [-0.25, -0.2) is 0 Å². The molecule has 2 amide bonds. The number of hydrogen-bond acceptors (Lipinski definition) is 7. The summed E-state index contributed by atoms with van der Waals surface area (Å²) in [6.07, 6.45) is 0.191. The first-order valence-electron chi connectivity index (χ1n) is 9.44. The van der Waals surface area contributed by atoms with Crippen molar-refractivity contribution in [2.45, 2.75) is 38.8 Å². The number of benzene rings is 1. The highest BCUT2D eigenvalue weighted by Gasteiger charge is 2.36. The van der Waals surface area contributed by atoms with Crippen molar-refractivity contribution < 1.29 is 33.3 Å². The number of nitrogens with zero attached hydrogens (tertiary/aromatic N) is 1. The predicted octanol–water partition coefficient (Wildman–Crippen LogP) is 1.38. The Morgan fingerprint density at radius 1 is 1.17 bits per heavy atom. The van der Waals surface area contributed by atoms with Crippen LogP contribution in [0.2, 0.25) is 0 Å². The number of nitrogens with one attached hydrogen (secondary N) is 1. The van der Waals surface area contributed by atoms with Gasteiger partial charge < -0.3 is 29.2 Å². The average Bonchev–Trinajstić information content (AvgIpc) is 2.73. The lowest BCUT2D eigenvalue weighted by atomic mass is 10.1. The van der Waals surface area contributed by atoms with E-state index in [-0.39, 0.29) is 24.6 Å². The van der Waals surface area contributed by atoms with E-state index in [0.717, 1.165) is 0 Å². The Kier molecular flexibility index (Phi) is 7.69. The zero-order valence-electron chi connectivity index (χ0n) is 17.4. The van der Waals surface area contributed by atoms with Crippen LogP contribution >= 0.6 is 0 Å². The zero-order valence-corrected chi connectivity index (χ0v) is 17.4. The molecular formula is C20H28N2O7. The monoisotopic (exact) mass is 408 g/mol. The molecule has 2 unspecified atom stereocenters. The van der Waals surface area contributed by atoms with Crippen LogP contribution < -0.4 is 19.5 Å². The second-order valence-electron chi connectivity index (χ2n) is 6.63. The SMILES string of the molecule is CCC(C)OC(=O)CC1C(=O)NCCN1C(=O)c1cc(OC)c(OC)c(OC)c1. The largest absolute Gasteiger partial charge is 0.493 e. The molecule has 0 radical (unpaired) electrons. The molecule has 1 N–H and O–H groups in total. The van der Waals surface area contributed by atoms with Gasteiger partial charge in [0.05, 0.1) is 33.9 Å². The van der Waals surface area contributed by atoms with E-state index in [0.29, 0.717) is 30.2 Å². The molecule has 0 aliphatic carbocycles. The maximum atomic E-state index is 13.2. The van der Waals surface area contributed by atoms with E-state index in [9.17, 15) is 14.4 Å². The van der Waals surface area contributed by atoms with Gasteiger partial charge in [-0.05, 0) is 25.5 Å². The van der Waals surface area contributed by atoms with Gasteiger partial charge >= 0.3 is 5.97 Å². The third-order valence-corrected chi connectivity index (χ3v) is 4.77. The van der Waals surface area contributed by atoms with Gasteiger partial charge in [0.25, 0.3) is 5.91 Å². The predicted molar refractivity (Wildman–Crippen MR) is 104 cm³/mol. The van der Waals surface area contributed by atoms with E-state index in [4.69, 9.17) is 18.9 Å². The summed E-state index contributed by atoms with van der Waals surface area (Å²) in [5.41, 5.74) is 0.259. The van der Waals surface area contributed by atoms with Crippen LogP contribution in [0.4, 0.5) is 0 Å². The number of hydrogen-bond donors (Lipinski definition) is 1. The molecule has 1 aromatic carbocycles. The summed E-state index contributed by atoms with van der Waals surface area (Å²) in [5, 5.41) is 2.69. The molecule has 2 rings (SSSR count). The van der Waals surface area contributed by atoms with E-state index >= 15 is 0 Å². The quantitative estimate of drug-likeness (QED) is 0.648. The van der Waals surface area contributed by atoms with Gasteiger partial charge in [0.1, 0.15) is 6.04 Å². The van der Waals surface area contributed by atoms with Crippen LogP contribution in [0.1, 0.15) is 37.0 Å². The van der Waals surface area contributed by atoms with E-state index in [1.165, 1.54) is 38.4 Å². The molecule has 0 bridgehead atoms. The lowest BCUT2D eigenvalue weighted by Gasteiger charge is -2.35. The number of amides is 2. The Labute approximate surface area is 170 Å². The first-order chi connectivity index (χ1) is 13.9. The van der Waals surface area contributed by atoms with Crippen LogP contribution in [0.3, 0.4) is 0 Å². The molecule has 0 saturated carbocycles. The fourth-order valence-corrected chi connectivity index (χ4v) is 3.04. The summed E-state index contributed by atoms with van der Waals surface area (Å²) in [6, 6.07) is 2.09. The minimum absolute atomic E-state index is 0.216. The number of carbonyl (C=O) groups is 3. The topological polar surface area (TPSA) is 103 Å². The summed E-state index contributed by atoms with van der Waals surface area (Å²) in [4.78, 5) is 39.2. The second kappa shape index (κ2) is 9.99. The maximum Gasteiger partial charge on any atom is 0.308 e. The fraction of sp³-hybridized carbons (Fsp3) is 0.550. The summed E-state index contributed by atoms with van der Waals surface area (Å²) in [6.45, 7) is 4.23. The molecule has 1 aliphatic rings. The molecule has 1 saturated heterocycles. The van der Waals surface area contributed by atoms with Gasteiger partial charge in [-0.1, -0.05) is 6.92 Å². The molecule has 0 aromatic heterocycles. The third-order valence-electron chi connectivity index (χ3n) is 4.77. The van der Waals surface area contributed by atoms with Crippen molar-refractivity contribution in [3.63, 3.8) is 0 Å². The Hall–Kier alpha value is -2.97. The minimum atomic E-state index is -0.952. The van der Waals surface area contributed by atoms with Gasteiger partial charge in [-0.15, -0.1) is 0 Å². The summed E-state index contributed by atoms with van der Waals surface area (Å²) < 4.78 is 21.1. The molecular weight excluding hydrogens is 380 g/mol. The Bertz CT molecular complexity index is 740. The minimum Gasteiger partial charge on any atom is -0.493 e. The average molecular weight is 408 g/mol. The molecule has 1 heterocycles. The Morgan fingerprint density at radius 3 is 2.31 bits per heavy atom. The molecule has 9 nitrogen and oxygen atoms in total. The van der Waals surface area contributed by atoms with Crippen LogP contribution in [0.25, 0.3) is 0 Å². The zero-order chi connectivity index (χ0) is 21.6. The smallest absolute Gasteiger partial charge is 0.308 e. The van der Waals surface area contributed by atoms with Crippen LogP contribution in [-0.4, -0.2) is 69.2 Å². The molecule has 9 heteroatoms. The highest BCUT2D eigenvalue weighted by atomic mass is 16.5. The van der Waals surface area contributed by atoms with E-state index in [2.05, 4.69) is 5.32 Å². The molecule has 160 valence electrons. The first kappa shape index (κ1) is 22.3. The first-order valence-corrected chi connectivity index (χ1v) is 9.44. The van der Waals surface area contributed by atoms with Crippen molar-refractivity contribution in [3.05, 3.63) is 17.7 Å². The van der Waals surface area contributed by atoms with E-state index in [1.54, 1.807) is 6.92 Å². The standard InChI is InChI=1S/C20H28N2O7/c1-6-12(2)29-17(23)11-14-19(24)21-7-8-22(14)20(25)13-9-15(26-3)18(28-5)16(10-13)27-4/h9-10,12,14H,6-8,11H2,1-5H3,(H,21,24). The molecule has 1 aliphatic heterocycles. The van der Waals surface area contributed by atoms with Gasteiger partial charge in [-0.3, -0.25) is 14.4 Å². The summed E-state index contributed by atoms with van der Waals surface area (Å²) >= 11 is 0. The van der Waals surface area contributed by atoms with Gasteiger partial charge in [0.15, 0.2) is 11.5 Å². The Morgan fingerprint density at radius 2 is 1.79 bits per heavy atom. The molecule has 2 atom stereocenters. The number of piperazine rings is 1. The molecule has 1 aromatic rings. The lowest BCUT2D eigenvalue weighted by Crippen LogP contribution is -2.57. The number of carbonyl (C=O) groups excluding carboxylic acids is 3. The highest BCUT2D eigenvalue weighted by Crippen LogP contribution is 2.38. The normalized spacial score (nSPS) is 17.2. The van der Waals surface area contributed by atoms with Crippen molar-refractivity contribution >= 4 is 17.8 Å². The van der Waals surface area contributed by atoms with Gasteiger partial charge in [0, 0.05) is 18.7 Å². The van der Waals surface area contributed by atoms with Gasteiger partial charge in [0.2, 0.25) is 11.7 Å². The molecule has 0 spiro atoms. The highest BCUT2D eigenvalue weighted by molar-refractivity contribution is 6.00. The number of rotatable bonds is 8. The fourth-order valence-electron chi connectivity index (χ4n) is 3.04. The van der Waals surface area contributed by atoms with Crippen molar-refractivity contribution in [3.8, 4) is 17.2 Å². The number of ether oxygens (including phenoxy) is 4. The second-order valence-corrected chi connectivity index (χ2v) is 6.63. The van der Waals surface area contributed by atoms with E-state index < -0.39 is 23.8 Å². The maximum absolute atomic E-state index is 13.2. The summed E-state index contributed by atoms with van der Waals surface area (Å²) in [5.74, 6) is -0.326. The van der Waals surface area contributed by atoms with Crippen molar-refractivity contribution in [1.82, 2.24) is 10.2 Å². The summed E-state index contributed by atoms with van der Waals surface area (Å²) in [7, 11) is 4.37. The van der Waals surface area contributed by atoms with Crippen molar-refractivity contribution in [2.75, 3.05) is 34.4 Å². The molecule has 1 fully saturated rings. The van der Waals surface area contributed by atoms with Crippen LogP contribution in [0, 0.1) is 0 Å². The Balaban J connectivity index is 2.31. The van der Waals surface area contributed by atoms with Crippen LogP contribution in [0.15, 0.2) is 12.1 Å².